The first-order valence-corrected chi connectivity index (χ1v) is 12.0. The standard InChI is InChI=1S/C27H26N6O3/c1-32-23(17-8-10-19(11-9-17)31-26(34)20-14-36-20)21(22-24(28)29-15-30-25(22)32)16-4-6-18(7-5-16)27(35)33-12-2-3-13-33/h4-11,15,20H,2-3,12-14H2,1H3,(H,31,34)(H2,28,29,30)/t20-/m0/s1. The zero-order valence-electron chi connectivity index (χ0n) is 19.9. The summed E-state index contributed by atoms with van der Waals surface area (Å²) in [5.74, 6) is 0.316. The van der Waals surface area contributed by atoms with Crippen molar-refractivity contribution in [2.45, 2.75) is 18.9 Å². The predicted octanol–water partition coefficient (Wildman–Crippen LogP) is 3.46. The van der Waals surface area contributed by atoms with Crippen molar-refractivity contribution >= 4 is 34.4 Å². The number of hydrogen-bond acceptors (Lipinski definition) is 6. The van der Waals surface area contributed by atoms with E-state index in [-0.39, 0.29) is 17.9 Å². The summed E-state index contributed by atoms with van der Waals surface area (Å²) >= 11 is 0. The molecule has 0 aliphatic carbocycles. The van der Waals surface area contributed by atoms with Gasteiger partial charge in [-0.2, -0.15) is 0 Å². The van der Waals surface area contributed by atoms with Crippen LogP contribution in [0.2, 0.25) is 0 Å². The number of aromatic nitrogens is 3. The van der Waals surface area contributed by atoms with Gasteiger partial charge in [0, 0.05) is 37.0 Å². The molecule has 2 aromatic carbocycles. The van der Waals surface area contributed by atoms with E-state index in [9.17, 15) is 9.59 Å². The molecule has 2 aliphatic heterocycles. The molecule has 182 valence electrons. The first-order chi connectivity index (χ1) is 17.5. The van der Waals surface area contributed by atoms with Gasteiger partial charge in [0.2, 0.25) is 0 Å². The van der Waals surface area contributed by atoms with Gasteiger partial charge in [-0.05, 0) is 48.2 Å². The van der Waals surface area contributed by atoms with Crippen LogP contribution in [0.1, 0.15) is 23.2 Å². The molecule has 0 unspecified atom stereocenters. The van der Waals surface area contributed by atoms with Crippen LogP contribution in [0, 0.1) is 0 Å². The van der Waals surface area contributed by atoms with E-state index in [1.165, 1.54) is 6.33 Å². The van der Waals surface area contributed by atoms with Crippen LogP contribution in [0.25, 0.3) is 33.4 Å². The van der Waals surface area contributed by atoms with E-state index in [4.69, 9.17) is 10.5 Å². The Kier molecular flexibility index (Phi) is 5.41. The number of nitrogen functional groups attached to an aromatic ring is 1. The van der Waals surface area contributed by atoms with Crippen LogP contribution < -0.4 is 11.1 Å². The molecule has 9 heteroatoms. The molecule has 0 radical (unpaired) electrons. The molecular formula is C27H26N6O3. The molecular weight excluding hydrogens is 456 g/mol. The first kappa shape index (κ1) is 22.2. The number of fused-ring (bicyclic) bond motifs is 1. The zero-order chi connectivity index (χ0) is 24.8. The smallest absolute Gasteiger partial charge is 0.255 e. The Morgan fingerprint density at radius 3 is 2.33 bits per heavy atom. The third kappa shape index (κ3) is 3.87. The number of nitrogens with one attached hydrogen (secondary N) is 1. The van der Waals surface area contributed by atoms with E-state index in [1.807, 2.05) is 65.0 Å². The van der Waals surface area contributed by atoms with Gasteiger partial charge in [-0.15, -0.1) is 0 Å². The number of hydrogen-bond donors (Lipinski definition) is 2. The number of rotatable bonds is 5. The molecule has 6 rings (SSSR count). The Labute approximate surface area is 207 Å². The number of epoxide rings is 1. The third-order valence-corrected chi connectivity index (χ3v) is 6.86. The predicted molar refractivity (Wildman–Crippen MR) is 137 cm³/mol. The Morgan fingerprint density at radius 2 is 1.67 bits per heavy atom. The van der Waals surface area contributed by atoms with Crippen molar-refractivity contribution in [3.63, 3.8) is 0 Å². The van der Waals surface area contributed by atoms with Crippen LogP contribution in [0.15, 0.2) is 54.9 Å². The fourth-order valence-corrected chi connectivity index (χ4v) is 4.91. The highest BCUT2D eigenvalue weighted by Crippen LogP contribution is 2.41. The minimum atomic E-state index is -0.351. The number of aryl methyl sites for hydroxylation is 1. The molecule has 3 N–H and O–H groups in total. The van der Waals surface area contributed by atoms with Gasteiger partial charge in [-0.1, -0.05) is 24.3 Å². The lowest BCUT2D eigenvalue weighted by Gasteiger charge is -2.15. The summed E-state index contributed by atoms with van der Waals surface area (Å²) in [6.07, 6.45) is 3.22. The minimum Gasteiger partial charge on any atom is -0.383 e. The second-order valence-electron chi connectivity index (χ2n) is 9.21. The van der Waals surface area contributed by atoms with Crippen molar-refractivity contribution < 1.29 is 14.3 Å². The van der Waals surface area contributed by atoms with Crippen LogP contribution in [0.5, 0.6) is 0 Å². The zero-order valence-corrected chi connectivity index (χ0v) is 19.9. The molecule has 2 saturated heterocycles. The maximum atomic E-state index is 12.9. The van der Waals surface area contributed by atoms with Crippen LogP contribution in [-0.4, -0.2) is 57.0 Å². The lowest BCUT2D eigenvalue weighted by Crippen LogP contribution is -2.27. The maximum Gasteiger partial charge on any atom is 0.255 e. The summed E-state index contributed by atoms with van der Waals surface area (Å²) in [6.45, 7) is 2.09. The second kappa shape index (κ2) is 8.76. The van der Waals surface area contributed by atoms with Gasteiger partial charge < -0.3 is 25.3 Å². The monoisotopic (exact) mass is 482 g/mol. The Hall–Kier alpha value is -4.24. The van der Waals surface area contributed by atoms with E-state index in [2.05, 4.69) is 15.3 Å². The number of ether oxygens (including phenoxy) is 1. The highest BCUT2D eigenvalue weighted by atomic mass is 16.6. The summed E-state index contributed by atoms with van der Waals surface area (Å²) in [4.78, 5) is 35.5. The average Bonchev–Trinajstić information content (AvgIpc) is 3.52. The molecule has 4 heterocycles. The number of nitrogens with two attached hydrogens (primary N) is 1. The maximum absolute atomic E-state index is 12.9. The SMILES string of the molecule is Cn1c(-c2ccc(NC(=O)[C@@H]3CO3)cc2)c(-c2ccc(C(=O)N3CCCC3)cc2)c2c(N)ncnc21. The third-order valence-electron chi connectivity index (χ3n) is 6.86. The molecule has 36 heavy (non-hydrogen) atoms. The number of amides is 2. The number of likely N-dealkylation sites (tertiary alicyclic amines) is 1. The normalized spacial score (nSPS) is 16.9. The molecule has 4 aromatic rings. The fourth-order valence-electron chi connectivity index (χ4n) is 4.91. The highest BCUT2D eigenvalue weighted by molar-refractivity contribution is 6.08. The Morgan fingerprint density at radius 1 is 1.00 bits per heavy atom. The summed E-state index contributed by atoms with van der Waals surface area (Å²) in [5.41, 5.74) is 12.1. The van der Waals surface area contributed by atoms with Crippen molar-refractivity contribution in [3.8, 4) is 22.4 Å². The van der Waals surface area contributed by atoms with Crippen LogP contribution in [0.3, 0.4) is 0 Å². The van der Waals surface area contributed by atoms with Gasteiger partial charge in [0.1, 0.15) is 17.8 Å². The Balaban J connectivity index is 1.41. The molecule has 2 amide bonds. The van der Waals surface area contributed by atoms with E-state index in [0.717, 1.165) is 53.7 Å². The number of nitrogens with zero attached hydrogens (tertiary/aromatic N) is 4. The summed E-state index contributed by atoms with van der Waals surface area (Å²) in [7, 11) is 1.94. The van der Waals surface area contributed by atoms with Crippen LogP contribution in [0.4, 0.5) is 11.5 Å². The fraction of sp³-hybridized carbons (Fsp3) is 0.259. The van der Waals surface area contributed by atoms with E-state index < -0.39 is 0 Å². The van der Waals surface area contributed by atoms with Crippen molar-refractivity contribution in [1.82, 2.24) is 19.4 Å². The van der Waals surface area contributed by atoms with Crippen LogP contribution in [-0.2, 0) is 16.6 Å². The van der Waals surface area contributed by atoms with E-state index in [1.54, 1.807) is 0 Å². The molecule has 0 spiro atoms. The van der Waals surface area contributed by atoms with Crippen LogP contribution >= 0.6 is 0 Å². The molecule has 0 saturated carbocycles. The summed E-state index contributed by atoms with van der Waals surface area (Å²) in [5, 5.41) is 3.63. The molecule has 0 bridgehead atoms. The quantitative estimate of drug-likeness (QED) is 0.421. The lowest BCUT2D eigenvalue weighted by atomic mass is 9.97. The van der Waals surface area contributed by atoms with Gasteiger partial charge >= 0.3 is 0 Å². The van der Waals surface area contributed by atoms with Gasteiger partial charge in [0.15, 0.2) is 6.10 Å². The van der Waals surface area contributed by atoms with Gasteiger partial charge in [-0.3, -0.25) is 9.59 Å². The lowest BCUT2D eigenvalue weighted by molar-refractivity contribution is -0.117. The second-order valence-corrected chi connectivity index (χ2v) is 9.21. The van der Waals surface area contributed by atoms with Gasteiger partial charge in [-0.25, -0.2) is 9.97 Å². The molecule has 2 aliphatic rings. The molecule has 2 aromatic heterocycles. The van der Waals surface area contributed by atoms with Crippen molar-refractivity contribution in [2.75, 3.05) is 30.7 Å². The topological polar surface area (TPSA) is 119 Å². The molecule has 1 atom stereocenters. The number of benzene rings is 2. The molecule has 2 fully saturated rings. The number of carbonyl (C=O) groups is 2. The van der Waals surface area contributed by atoms with Crippen molar-refractivity contribution in [3.05, 3.63) is 60.4 Å². The van der Waals surface area contributed by atoms with Crippen molar-refractivity contribution in [1.29, 1.82) is 0 Å². The largest absolute Gasteiger partial charge is 0.383 e. The highest BCUT2D eigenvalue weighted by Gasteiger charge is 2.31. The minimum absolute atomic E-state index is 0.0641. The van der Waals surface area contributed by atoms with Gasteiger partial charge in [0.05, 0.1) is 17.7 Å². The van der Waals surface area contributed by atoms with Gasteiger partial charge in [0.25, 0.3) is 11.8 Å². The average molecular weight is 483 g/mol. The number of anilines is 2. The summed E-state index contributed by atoms with van der Waals surface area (Å²) < 4.78 is 7.05. The molecule has 9 nitrogen and oxygen atoms in total. The van der Waals surface area contributed by atoms with Crippen molar-refractivity contribution in [2.24, 2.45) is 7.05 Å². The summed E-state index contributed by atoms with van der Waals surface area (Å²) in [6, 6.07) is 15.3. The first-order valence-electron chi connectivity index (χ1n) is 12.0. The van der Waals surface area contributed by atoms with E-state index in [0.29, 0.717) is 29.3 Å². The van der Waals surface area contributed by atoms with E-state index >= 15 is 0 Å². The number of carbonyl (C=O) groups excluding carboxylic acids is 2. The Bertz CT molecular complexity index is 1470.